The van der Waals surface area contributed by atoms with E-state index in [9.17, 15) is 5.11 Å². The van der Waals surface area contributed by atoms with Crippen LogP contribution < -0.4 is 5.32 Å². The lowest BCUT2D eigenvalue weighted by atomic mass is 10.0. The fraction of sp³-hybridized carbons (Fsp3) is 1.00. The molecular formula is C15H33NO. The van der Waals surface area contributed by atoms with E-state index < -0.39 is 5.60 Å². The Balaban J connectivity index is 3.83. The van der Waals surface area contributed by atoms with Gasteiger partial charge >= 0.3 is 0 Å². The first-order valence-corrected chi connectivity index (χ1v) is 7.45. The maximum Gasteiger partial charge on any atom is 0.0715 e. The number of rotatable bonds is 11. The van der Waals surface area contributed by atoms with Crippen molar-refractivity contribution in [1.29, 1.82) is 0 Å². The minimum Gasteiger partial charge on any atom is -0.389 e. The molecule has 0 heterocycles. The van der Waals surface area contributed by atoms with E-state index in [-0.39, 0.29) is 0 Å². The van der Waals surface area contributed by atoms with Gasteiger partial charge in [-0.1, -0.05) is 52.4 Å². The van der Waals surface area contributed by atoms with Gasteiger partial charge in [-0.25, -0.2) is 0 Å². The zero-order chi connectivity index (χ0) is 13.1. The largest absolute Gasteiger partial charge is 0.389 e. The monoisotopic (exact) mass is 243 g/mol. The summed E-state index contributed by atoms with van der Waals surface area (Å²) in [5.74, 6) is 0. The Morgan fingerprint density at radius 3 is 1.76 bits per heavy atom. The Morgan fingerprint density at radius 1 is 0.941 bits per heavy atom. The van der Waals surface area contributed by atoms with E-state index in [4.69, 9.17) is 0 Å². The van der Waals surface area contributed by atoms with E-state index in [1.807, 2.05) is 13.8 Å². The molecule has 2 heteroatoms. The average Bonchev–Trinajstić information content (AvgIpc) is 2.24. The number of hydrogen-bond donors (Lipinski definition) is 2. The zero-order valence-electron chi connectivity index (χ0n) is 12.4. The first-order chi connectivity index (χ1) is 7.99. The molecule has 0 rings (SSSR count). The lowest BCUT2D eigenvalue weighted by molar-refractivity contribution is 0.0753. The first kappa shape index (κ1) is 16.9. The van der Waals surface area contributed by atoms with Crippen LogP contribution in [-0.4, -0.2) is 23.3 Å². The highest BCUT2D eigenvalue weighted by Gasteiger charge is 2.15. The van der Waals surface area contributed by atoms with Crippen molar-refractivity contribution in [2.75, 3.05) is 6.54 Å². The van der Waals surface area contributed by atoms with Gasteiger partial charge in [0.25, 0.3) is 0 Å². The second-order valence-electron chi connectivity index (χ2n) is 5.88. The number of nitrogens with one attached hydrogen (secondary N) is 1. The van der Waals surface area contributed by atoms with Gasteiger partial charge < -0.3 is 10.4 Å². The smallest absolute Gasteiger partial charge is 0.0715 e. The predicted octanol–water partition coefficient (Wildman–Crippen LogP) is 3.88. The molecular weight excluding hydrogens is 210 g/mol. The predicted molar refractivity (Wildman–Crippen MR) is 76.4 cm³/mol. The highest BCUT2D eigenvalue weighted by molar-refractivity contribution is 4.74. The summed E-state index contributed by atoms with van der Waals surface area (Å²) < 4.78 is 0. The van der Waals surface area contributed by atoms with Crippen LogP contribution in [0, 0.1) is 0 Å². The Morgan fingerprint density at radius 2 is 1.41 bits per heavy atom. The van der Waals surface area contributed by atoms with Crippen LogP contribution >= 0.6 is 0 Å². The molecule has 0 spiro atoms. The molecule has 0 saturated heterocycles. The molecule has 2 nitrogen and oxygen atoms in total. The third-order valence-corrected chi connectivity index (χ3v) is 3.14. The molecule has 0 bridgehead atoms. The molecule has 2 N–H and O–H groups in total. The van der Waals surface area contributed by atoms with Crippen molar-refractivity contribution in [1.82, 2.24) is 5.32 Å². The highest BCUT2D eigenvalue weighted by atomic mass is 16.3. The van der Waals surface area contributed by atoms with Gasteiger partial charge in [-0.15, -0.1) is 0 Å². The van der Waals surface area contributed by atoms with Gasteiger partial charge in [-0.2, -0.15) is 0 Å². The molecule has 17 heavy (non-hydrogen) atoms. The van der Waals surface area contributed by atoms with Gasteiger partial charge in [0.15, 0.2) is 0 Å². The molecule has 0 saturated carbocycles. The van der Waals surface area contributed by atoms with Gasteiger partial charge in [0, 0.05) is 12.6 Å². The summed E-state index contributed by atoms with van der Waals surface area (Å²) in [6.45, 7) is 8.94. The molecule has 0 aromatic heterocycles. The Bertz CT molecular complexity index is 153. The number of unbranched alkanes of at least 4 members (excludes halogenated alkanes) is 4. The zero-order valence-corrected chi connectivity index (χ0v) is 12.4. The summed E-state index contributed by atoms with van der Waals surface area (Å²) >= 11 is 0. The van der Waals surface area contributed by atoms with Gasteiger partial charge in [0.1, 0.15) is 0 Å². The van der Waals surface area contributed by atoms with Crippen molar-refractivity contribution in [3.63, 3.8) is 0 Å². The van der Waals surface area contributed by atoms with Gasteiger partial charge in [0.2, 0.25) is 0 Å². The van der Waals surface area contributed by atoms with Crippen molar-refractivity contribution in [3.05, 3.63) is 0 Å². The van der Waals surface area contributed by atoms with Crippen LogP contribution in [0.5, 0.6) is 0 Å². The summed E-state index contributed by atoms with van der Waals surface area (Å²) in [6, 6.07) is 0.597. The van der Waals surface area contributed by atoms with E-state index in [0.29, 0.717) is 12.6 Å². The van der Waals surface area contributed by atoms with Crippen molar-refractivity contribution in [2.24, 2.45) is 0 Å². The molecule has 0 atom stereocenters. The number of aliphatic hydroxyl groups is 1. The molecule has 0 unspecified atom stereocenters. The van der Waals surface area contributed by atoms with Crippen molar-refractivity contribution in [3.8, 4) is 0 Å². The van der Waals surface area contributed by atoms with Crippen LogP contribution in [-0.2, 0) is 0 Å². The van der Waals surface area contributed by atoms with Gasteiger partial charge in [-0.05, 0) is 26.7 Å². The SMILES string of the molecule is CCCCCC(CCCCC)NCC(C)(C)O. The summed E-state index contributed by atoms with van der Waals surface area (Å²) in [4.78, 5) is 0. The molecule has 104 valence electrons. The fourth-order valence-electron chi connectivity index (χ4n) is 2.02. The lowest BCUT2D eigenvalue weighted by Gasteiger charge is -2.24. The quantitative estimate of drug-likeness (QED) is 0.540. The second kappa shape index (κ2) is 9.90. The van der Waals surface area contributed by atoms with Crippen LogP contribution in [0.15, 0.2) is 0 Å². The molecule has 0 aliphatic carbocycles. The van der Waals surface area contributed by atoms with Crippen molar-refractivity contribution in [2.45, 2.75) is 90.7 Å². The fourth-order valence-corrected chi connectivity index (χ4v) is 2.02. The minimum atomic E-state index is -0.590. The number of hydrogen-bond acceptors (Lipinski definition) is 2. The molecule has 0 aliphatic heterocycles. The van der Waals surface area contributed by atoms with E-state index in [1.54, 1.807) is 0 Å². The van der Waals surface area contributed by atoms with Crippen LogP contribution in [0.25, 0.3) is 0 Å². The topological polar surface area (TPSA) is 32.3 Å². The highest BCUT2D eigenvalue weighted by Crippen LogP contribution is 2.12. The van der Waals surface area contributed by atoms with Gasteiger partial charge in [-0.3, -0.25) is 0 Å². The third-order valence-electron chi connectivity index (χ3n) is 3.14. The Labute approximate surface area is 108 Å². The molecule has 0 amide bonds. The average molecular weight is 243 g/mol. The van der Waals surface area contributed by atoms with Gasteiger partial charge in [0.05, 0.1) is 5.60 Å². The van der Waals surface area contributed by atoms with Crippen LogP contribution in [0.2, 0.25) is 0 Å². The van der Waals surface area contributed by atoms with Crippen LogP contribution in [0.3, 0.4) is 0 Å². The second-order valence-corrected chi connectivity index (χ2v) is 5.88. The summed E-state index contributed by atoms with van der Waals surface area (Å²) in [7, 11) is 0. The standard InChI is InChI=1S/C15H33NO/c1-5-7-9-11-14(12-10-8-6-2)16-13-15(3,4)17/h14,16-17H,5-13H2,1-4H3. The lowest BCUT2D eigenvalue weighted by Crippen LogP contribution is -2.40. The van der Waals surface area contributed by atoms with E-state index in [2.05, 4.69) is 19.2 Å². The minimum absolute atomic E-state index is 0.590. The molecule has 0 aliphatic rings. The van der Waals surface area contributed by atoms with E-state index in [1.165, 1.54) is 51.4 Å². The Hall–Kier alpha value is -0.0800. The maximum atomic E-state index is 9.75. The van der Waals surface area contributed by atoms with E-state index in [0.717, 1.165) is 0 Å². The van der Waals surface area contributed by atoms with Crippen molar-refractivity contribution >= 4 is 0 Å². The van der Waals surface area contributed by atoms with Crippen LogP contribution in [0.1, 0.15) is 79.1 Å². The summed E-state index contributed by atoms with van der Waals surface area (Å²) in [5, 5.41) is 13.3. The van der Waals surface area contributed by atoms with Crippen LogP contribution in [0.4, 0.5) is 0 Å². The normalized spacial score (nSPS) is 12.4. The summed E-state index contributed by atoms with van der Waals surface area (Å²) in [6.07, 6.45) is 10.4. The molecule has 0 radical (unpaired) electrons. The van der Waals surface area contributed by atoms with E-state index >= 15 is 0 Å². The third kappa shape index (κ3) is 12.2. The molecule has 0 fully saturated rings. The first-order valence-electron chi connectivity index (χ1n) is 7.45. The molecule has 0 aromatic rings. The Kier molecular flexibility index (Phi) is 9.85. The summed E-state index contributed by atoms with van der Waals surface area (Å²) in [5.41, 5.74) is -0.590. The van der Waals surface area contributed by atoms with Crippen molar-refractivity contribution < 1.29 is 5.11 Å². The maximum absolute atomic E-state index is 9.75. The molecule has 0 aromatic carbocycles.